The lowest BCUT2D eigenvalue weighted by Gasteiger charge is -2.29. The molecule has 0 amide bonds. The van der Waals surface area contributed by atoms with Crippen molar-refractivity contribution in [2.45, 2.75) is 25.1 Å². The number of nitrogens with one attached hydrogen (secondary N) is 1. The number of hydrogen-bond acceptors (Lipinski definition) is 4. The molecular formula is C11H16FN3O. The van der Waals surface area contributed by atoms with Crippen LogP contribution in [-0.4, -0.2) is 35.8 Å². The summed E-state index contributed by atoms with van der Waals surface area (Å²) in [6.45, 7) is 3.57. The van der Waals surface area contributed by atoms with E-state index in [1.807, 2.05) is 0 Å². The van der Waals surface area contributed by atoms with Crippen LogP contribution in [0.3, 0.4) is 0 Å². The van der Waals surface area contributed by atoms with Gasteiger partial charge in [-0.25, -0.2) is 4.39 Å². The van der Waals surface area contributed by atoms with Gasteiger partial charge in [0.15, 0.2) is 5.67 Å². The molecule has 1 aliphatic rings. The highest BCUT2D eigenvalue weighted by molar-refractivity contribution is 5.07. The molecule has 2 atom stereocenters. The first kappa shape index (κ1) is 11.4. The SMILES string of the molecule is CC(F)(CC1COCCN1)c1cnccn1. The van der Waals surface area contributed by atoms with Crippen LogP contribution in [-0.2, 0) is 10.4 Å². The molecule has 1 aliphatic heterocycles. The molecular weight excluding hydrogens is 209 g/mol. The van der Waals surface area contributed by atoms with E-state index in [-0.39, 0.29) is 6.04 Å². The van der Waals surface area contributed by atoms with Crippen molar-refractivity contribution in [2.24, 2.45) is 0 Å². The third-order valence-electron chi connectivity index (χ3n) is 2.73. The molecule has 2 rings (SSSR count). The summed E-state index contributed by atoms with van der Waals surface area (Å²) in [6, 6.07) is 0.0470. The van der Waals surface area contributed by atoms with Crippen LogP contribution in [0.5, 0.6) is 0 Å². The molecule has 1 fully saturated rings. The lowest BCUT2D eigenvalue weighted by atomic mass is 9.95. The summed E-state index contributed by atoms with van der Waals surface area (Å²) in [5.74, 6) is 0. The number of hydrogen-bond donors (Lipinski definition) is 1. The van der Waals surface area contributed by atoms with Crippen LogP contribution < -0.4 is 5.32 Å². The van der Waals surface area contributed by atoms with Gasteiger partial charge in [-0.05, 0) is 6.92 Å². The second-order valence-electron chi connectivity index (χ2n) is 4.22. The molecule has 4 nitrogen and oxygen atoms in total. The average molecular weight is 225 g/mol. The topological polar surface area (TPSA) is 47.0 Å². The largest absolute Gasteiger partial charge is 0.379 e. The lowest BCUT2D eigenvalue weighted by Crippen LogP contribution is -2.44. The van der Waals surface area contributed by atoms with Crippen LogP contribution in [0.2, 0.25) is 0 Å². The van der Waals surface area contributed by atoms with Gasteiger partial charge in [-0.2, -0.15) is 0 Å². The van der Waals surface area contributed by atoms with Crippen LogP contribution in [0.1, 0.15) is 19.0 Å². The molecule has 1 N–H and O–H groups in total. The molecule has 1 aromatic heterocycles. The van der Waals surface area contributed by atoms with E-state index in [0.29, 0.717) is 25.3 Å². The van der Waals surface area contributed by atoms with E-state index in [1.165, 1.54) is 19.3 Å². The van der Waals surface area contributed by atoms with Crippen molar-refractivity contribution in [3.63, 3.8) is 0 Å². The Morgan fingerprint density at radius 2 is 2.50 bits per heavy atom. The zero-order valence-corrected chi connectivity index (χ0v) is 9.32. The summed E-state index contributed by atoms with van der Waals surface area (Å²) in [6.07, 6.45) is 4.88. The highest BCUT2D eigenvalue weighted by Crippen LogP contribution is 2.28. The van der Waals surface area contributed by atoms with E-state index in [9.17, 15) is 4.39 Å². The van der Waals surface area contributed by atoms with Gasteiger partial charge in [-0.1, -0.05) is 0 Å². The summed E-state index contributed by atoms with van der Waals surface area (Å²) >= 11 is 0. The maximum Gasteiger partial charge on any atom is 0.153 e. The Morgan fingerprint density at radius 3 is 3.12 bits per heavy atom. The molecule has 1 saturated heterocycles. The van der Waals surface area contributed by atoms with Gasteiger partial charge in [0.2, 0.25) is 0 Å². The second-order valence-corrected chi connectivity index (χ2v) is 4.22. The van der Waals surface area contributed by atoms with Gasteiger partial charge in [0.1, 0.15) is 0 Å². The van der Waals surface area contributed by atoms with Crippen molar-refractivity contribution in [3.8, 4) is 0 Å². The maximum absolute atomic E-state index is 14.4. The third kappa shape index (κ3) is 2.74. The quantitative estimate of drug-likeness (QED) is 0.835. The summed E-state index contributed by atoms with van der Waals surface area (Å²) in [7, 11) is 0. The van der Waals surface area contributed by atoms with E-state index >= 15 is 0 Å². The van der Waals surface area contributed by atoms with E-state index in [2.05, 4.69) is 15.3 Å². The van der Waals surface area contributed by atoms with Crippen LogP contribution in [0.15, 0.2) is 18.6 Å². The number of alkyl halides is 1. The Hall–Kier alpha value is -1.07. The zero-order chi connectivity index (χ0) is 11.4. The summed E-state index contributed by atoms with van der Waals surface area (Å²) in [4.78, 5) is 7.90. The molecule has 5 heteroatoms. The molecule has 2 unspecified atom stereocenters. The fourth-order valence-corrected chi connectivity index (χ4v) is 1.89. The minimum Gasteiger partial charge on any atom is -0.379 e. The van der Waals surface area contributed by atoms with Crippen molar-refractivity contribution >= 4 is 0 Å². The molecule has 88 valence electrons. The van der Waals surface area contributed by atoms with Crippen molar-refractivity contribution in [2.75, 3.05) is 19.8 Å². The number of aromatic nitrogens is 2. The highest BCUT2D eigenvalue weighted by Gasteiger charge is 2.32. The van der Waals surface area contributed by atoms with Gasteiger partial charge in [0.05, 0.1) is 25.1 Å². The van der Waals surface area contributed by atoms with Gasteiger partial charge in [0.25, 0.3) is 0 Å². The van der Waals surface area contributed by atoms with Crippen LogP contribution in [0.25, 0.3) is 0 Å². The molecule has 0 bridgehead atoms. The Kier molecular flexibility index (Phi) is 3.46. The first-order chi connectivity index (χ1) is 7.68. The highest BCUT2D eigenvalue weighted by atomic mass is 19.1. The first-order valence-corrected chi connectivity index (χ1v) is 5.45. The normalized spacial score (nSPS) is 25.0. The minimum absolute atomic E-state index is 0.0470. The van der Waals surface area contributed by atoms with Gasteiger partial charge in [-0.15, -0.1) is 0 Å². The van der Waals surface area contributed by atoms with E-state index < -0.39 is 5.67 Å². The standard InChI is InChI=1S/C11H16FN3O/c1-11(12,10-7-13-2-3-15-10)6-9-8-16-5-4-14-9/h2-3,7,9,14H,4-6,8H2,1H3. The van der Waals surface area contributed by atoms with Crippen molar-refractivity contribution in [3.05, 3.63) is 24.3 Å². The molecule has 0 aromatic carbocycles. The van der Waals surface area contributed by atoms with E-state index in [1.54, 1.807) is 6.20 Å². The first-order valence-electron chi connectivity index (χ1n) is 5.45. The van der Waals surface area contributed by atoms with Crippen LogP contribution >= 0.6 is 0 Å². The summed E-state index contributed by atoms with van der Waals surface area (Å²) in [5, 5.41) is 3.23. The Morgan fingerprint density at radius 1 is 1.62 bits per heavy atom. The Labute approximate surface area is 94.2 Å². The van der Waals surface area contributed by atoms with Gasteiger partial charge < -0.3 is 10.1 Å². The Balaban J connectivity index is 2.01. The van der Waals surface area contributed by atoms with E-state index in [4.69, 9.17) is 4.74 Å². The van der Waals surface area contributed by atoms with Crippen LogP contribution in [0.4, 0.5) is 4.39 Å². The molecule has 0 radical (unpaired) electrons. The predicted molar refractivity (Wildman–Crippen MR) is 57.7 cm³/mol. The monoisotopic (exact) mass is 225 g/mol. The van der Waals surface area contributed by atoms with Crippen molar-refractivity contribution in [1.82, 2.24) is 15.3 Å². The zero-order valence-electron chi connectivity index (χ0n) is 9.32. The van der Waals surface area contributed by atoms with Crippen LogP contribution in [0, 0.1) is 0 Å². The minimum atomic E-state index is -1.47. The van der Waals surface area contributed by atoms with Gasteiger partial charge in [-0.3, -0.25) is 9.97 Å². The maximum atomic E-state index is 14.4. The fourth-order valence-electron chi connectivity index (χ4n) is 1.89. The number of rotatable bonds is 3. The van der Waals surface area contributed by atoms with Crippen molar-refractivity contribution < 1.29 is 9.13 Å². The third-order valence-corrected chi connectivity index (χ3v) is 2.73. The van der Waals surface area contributed by atoms with Gasteiger partial charge in [0, 0.05) is 31.4 Å². The smallest absolute Gasteiger partial charge is 0.153 e. The molecule has 0 spiro atoms. The molecule has 2 heterocycles. The molecule has 1 aromatic rings. The summed E-state index contributed by atoms with van der Waals surface area (Å²) < 4.78 is 19.7. The van der Waals surface area contributed by atoms with Crippen molar-refractivity contribution in [1.29, 1.82) is 0 Å². The fraction of sp³-hybridized carbons (Fsp3) is 0.636. The Bertz CT molecular complexity index is 325. The van der Waals surface area contributed by atoms with E-state index in [0.717, 1.165) is 6.54 Å². The van der Waals surface area contributed by atoms with Gasteiger partial charge >= 0.3 is 0 Å². The average Bonchev–Trinajstić information content (AvgIpc) is 2.31. The second kappa shape index (κ2) is 4.84. The molecule has 0 saturated carbocycles. The number of halogens is 1. The number of ether oxygens (including phenoxy) is 1. The number of morpholine rings is 1. The lowest BCUT2D eigenvalue weighted by molar-refractivity contribution is 0.0462. The molecule has 16 heavy (non-hydrogen) atoms. The molecule has 0 aliphatic carbocycles. The number of nitrogens with zero attached hydrogens (tertiary/aromatic N) is 2. The summed E-state index contributed by atoms with van der Waals surface area (Å²) in [5.41, 5.74) is -1.09. The predicted octanol–water partition coefficient (Wildman–Crippen LogP) is 1.04.